The first kappa shape index (κ1) is 16.8. The zero-order valence-electron chi connectivity index (χ0n) is 13.6. The van der Waals surface area contributed by atoms with Crippen LogP contribution in [0.3, 0.4) is 0 Å². The third-order valence-corrected chi connectivity index (χ3v) is 4.27. The minimum atomic E-state index is -0.589. The molecule has 0 radical (unpaired) electrons. The summed E-state index contributed by atoms with van der Waals surface area (Å²) in [5.41, 5.74) is 0.611. The fourth-order valence-corrected chi connectivity index (χ4v) is 3.34. The van der Waals surface area contributed by atoms with Crippen molar-refractivity contribution in [1.82, 2.24) is 10.2 Å². The summed E-state index contributed by atoms with van der Waals surface area (Å²) >= 11 is 1.64. The van der Waals surface area contributed by atoms with Crippen LogP contribution in [0.25, 0.3) is 0 Å². The summed E-state index contributed by atoms with van der Waals surface area (Å²) in [5, 5.41) is 6.74. The van der Waals surface area contributed by atoms with Crippen LogP contribution in [0.15, 0.2) is 16.8 Å². The Morgan fingerprint density at radius 1 is 1.45 bits per heavy atom. The van der Waals surface area contributed by atoms with Crippen molar-refractivity contribution in [2.24, 2.45) is 0 Å². The van der Waals surface area contributed by atoms with E-state index in [1.807, 2.05) is 10.3 Å². The maximum Gasteiger partial charge on any atom is 0.408 e. The molecule has 0 bridgehead atoms. The predicted octanol–water partition coefficient (Wildman–Crippen LogP) is 3.32. The molecule has 22 heavy (non-hydrogen) atoms. The van der Waals surface area contributed by atoms with Gasteiger partial charge in [-0.1, -0.05) is 0 Å². The molecule has 0 unspecified atom stereocenters. The van der Waals surface area contributed by atoms with Crippen LogP contribution in [0.2, 0.25) is 0 Å². The molecule has 1 aromatic rings. The molecule has 0 aromatic carbocycles. The number of amides is 2. The maximum atomic E-state index is 12.6. The van der Waals surface area contributed by atoms with Crippen molar-refractivity contribution in [1.29, 1.82) is 0 Å². The van der Waals surface area contributed by atoms with Crippen LogP contribution < -0.4 is 5.32 Å². The number of carbonyl (C=O) groups is 2. The smallest absolute Gasteiger partial charge is 0.408 e. The number of ether oxygens (including phenoxy) is 1. The summed E-state index contributed by atoms with van der Waals surface area (Å²) < 4.78 is 5.20. The molecule has 0 saturated carbocycles. The number of carbonyl (C=O) groups excluding carboxylic acids is 2. The Kier molecular flexibility index (Phi) is 5.11. The molecule has 1 aliphatic rings. The normalized spacial score (nSPS) is 19.8. The first-order chi connectivity index (χ1) is 10.3. The molecular formula is C16H24N2O3S. The van der Waals surface area contributed by atoms with Gasteiger partial charge in [0.05, 0.1) is 6.04 Å². The van der Waals surface area contributed by atoms with Gasteiger partial charge in [0, 0.05) is 6.54 Å². The van der Waals surface area contributed by atoms with Gasteiger partial charge in [-0.3, -0.25) is 4.79 Å². The molecule has 2 atom stereocenters. The molecule has 1 saturated heterocycles. The molecule has 1 aliphatic heterocycles. The van der Waals surface area contributed by atoms with Crippen LogP contribution in [-0.2, 0) is 9.53 Å². The summed E-state index contributed by atoms with van der Waals surface area (Å²) in [7, 11) is 0. The monoisotopic (exact) mass is 324 g/mol. The molecule has 1 aromatic heterocycles. The molecule has 2 rings (SSSR count). The second-order valence-corrected chi connectivity index (χ2v) is 7.39. The van der Waals surface area contributed by atoms with E-state index < -0.39 is 17.7 Å². The van der Waals surface area contributed by atoms with E-state index >= 15 is 0 Å². The molecular weight excluding hydrogens is 300 g/mol. The highest BCUT2D eigenvalue weighted by molar-refractivity contribution is 7.07. The first-order valence-electron chi connectivity index (χ1n) is 7.60. The van der Waals surface area contributed by atoms with Crippen LogP contribution in [0.1, 0.15) is 52.1 Å². The molecule has 6 heteroatoms. The van der Waals surface area contributed by atoms with Gasteiger partial charge in [0.25, 0.3) is 0 Å². The van der Waals surface area contributed by atoms with Gasteiger partial charge in [-0.15, -0.1) is 0 Å². The number of likely N-dealkylation sites (tertiary alicyclic amines) is 1. The Balaban J connectivity index is 1.96. The van der Waals surface area contributed by atoms with Crippen molar-refractivity contribution < 1.29 is 14.3 Å². The Hall–Kier alpha value is -1.56. The van der Waals surface area contributed by atoms with E-state index in [4.69, 9.17) is 4.74 Å². The largest absolute Gasteiger partial charge is 0.444 e. The Morgan fingerprint density at radius 3 is 2.77 bits per heavy atom. The van der Waals surface area contributed by atoms with Gasteiger partial charge in [0.15, 0.2) is 0 Å². The summed E-state index contributed by atoms with van der Waals surface area (Å²) in [4.78, 5) is 26.3. The lowest BCUT2D eigenvalue weighted by Crippen LogP contribution is -2.47. The Morgan fingerprint density at radius 2 is 2.18 bits per heavy atom. The molecule has 1 fully saturated rings. The van der Waals surface area contributed by atoms with Gasteiger partial charge < -0.3 is 15.0 Å². The molecule has 122 valence electrons. The summed E-state index contributed by atoms with van der Waals surface area (Å²) in [5.74, 6) is -0.0560. The van der Waals surface area contributed by atoms with Gasteiger partial charge in [-0.25, -0.2) is 4.79 Å². The minimum absolute atomic E-state index is 0.0560. The fourth-order valence-electron chi connectivity index (χ4n) is 2.64. The number of nitrogens with one attached hydrogen (secondary N) is 1. The quantitative estimate of drug-likeness (QED) is 0.928. The van der Waals surface area contributed by atoms with Crippen molar-refractivity contribution in [3.8, 4) is 0 Å². The standard InChI is InChI=1S/C16H24N2O3S/c1-11(17-15(20)21-16(2,3)4)14(19)18-8-5-6-13(18)12-7-9-22-10-12/h7,9-11,13H,5-6,8H2,1-4H3,(H,17,20)/t11-,13+/m0/s1. The van der Waals surface area contributed by atoms with Crippen LogP contribution in [0, 0.1) is 0 Å². The van der Waals surface area contributed by atoms with E-state index in [-0.39, 0.29) is 11.9 Å². The van der Waals surface area contributed by atoms with Crippen molar-refractivity contribution >= 4 is 23.3 Å². The van der Waals surface area contributed by atoms with Gasteiger partial charge >= 0.3 is 6.09 Å². The number of thiophene rings is 1. The third kappa shape index (κ3) is 4.22. The first-order valence-corrected chi connectivity index (χ1v) is 8.54. The van der Waals surface area contributed by atoms with Crippen molar-refractivity contribution in [2.75, 3.05) is 6.54 Å². The van der Waals surface area contributed by atoms with Crippen LogP contribution >= 0.6 is 11.3 Å². The number of hydrogen-bond acceptors (Lipinski definition) is 4. The Bertz CT molecular complexity index is 522. The average molecular weight is 324 g/mol. The van der Waals surface area contributed by atoms with E-state index in [1.54, 1.807) is 39.0 Å². The topological polar surface area (TPSA) is 58.6 Å². The van der Waals surface area contributed by atoms with E-state index in [0.717, 1.165) is 19.4 Å². The van der Waals surface area contributed by atoms with Crippen molar-refractivity contribution in [2.45, 2.75) is 58.2 Å². The lowest BCUT2D eigenvalue weighted by Gasteiger charge is -2.28. The van der Waals surface area contributed by atoms with Crippen LogP contribution in [0.4, 0.5) is 4.79 Å². The number of rotatable bonds is 3. The minimum Gasteiger partial charge on any atom is -0.444 e. The highest BCUT2D eigenvalue weighted by Crippen LogP contribution is 2.33. The molecule has 2 amide bonds. The SMILES string of the molecule is C[C@H](NC(=O)OC(C)(C)C)C(=O)N1CCC[C@@H]1c1ccsc1. The predicted molar refractivity (Wildman–Crippen MR) is 86.8 cm³/mol. The molecule has 1 N–H and O–H groups in total. The molecule has 0 aliphatic carbocycles. The molecule has 0 spiro atoms. The second kappa shape index (κ2) is 6.69. The van der Waals surface area contributed by atoms with Crippen molar-refractivity contribution in [3.63, 3.8) is 0 Å². The fraction of sp³-hybridized carbons (Fsp3) is 0.625. The Labute approximate surface area is 135 Å². The highest BCUT2D eigenvalue weighted by Gasteiger charge is 2.33. The molecule has 5 nitrogen and oxygen atoms in total. The van der Waals surface area contributed by atoms with Gasteiger partial charge in [-0.2, -0.15) is 11.3 Å². The van der Waals surface area contributed by atoms with Gasteiger partial charge in [0.2, 0.25) is 5.91 Å². The lowest BCUT2D eigenvalue weighted by molar-refractivity contribution is -0.134. The lowest BCUT2D eigenvalue weighted by atomic mass is 10.1. The zero-order valence-corrected chi connectivity index (χ0v) is 14.4. The summed E-state index contributed by atoms with van der Waals surface area (Å²) in [6.45, 7) is 7.83. The van der Waals surface area contributed by atoms with Gasteiger partial charge in [0.1, 0.15) is 11.6 Å². The van der Waals surface area contributed by atoms with Crippen LogP contribution in [0.5, 0.6) is 0 Å². The number of nitrogens with zero attached hydrogens (tertiary/aromatic N) is 1. The van der Waals surface area contributed by atoms with E-state index in [1.165, 1.54) is 5.56 Å². The maximum absolute atomic E-state index is 12.6. The average Bonchev–Trinajstić information content (AvgIpc) is 3.05. The number of hydrogen-bond donors (Lipinski definition) is 1. The third-order valence-electron chi connectivity index (χ3n) is 3.57. The van der Waals surface area contributed by atoms with E-state index in [2.05, 4.69) is 16.8 Å². The van der Waals surface area contributed by atoms with Gasteiger partial charge in [-0.05, 0) is 62.9 Å². The summed E-state index contributed by atoms with van der Waals surface area (Å²) in [6.07, 6.45) is 1.41. The van der Waals surface area contributed by atoms with E-state index in [0.29, 0.717) is 0 Å². The zero-order chi connectivity index (χ0) is 16.3. The van der Waals surface area contributed by atoms with Crippen molar-refractivity contribution in [3.05, 3.63) is 22.4 Å². The second-order valence-electron chi connectivity index (χ2n) is 6.61. The highest BCUT2D eigenvalue weighted by atomic mass is 32.1. The summed E-state index contributed by atoms with van der Waals surface area (Å²) in [6, 6.07) is 1.60. The molecule has 2 heterocycles. The number of alkyl carbamates (subject to hydrolysis) is 1. The van der Waals surface area contributed by atoms with E-state index in [9.17, 15) is 9.59 Å². The van der Waals surface area contributed by atoms with Crippen LogP contribution in [-0.4, -0.2) is 35.1 Å².